The molecule has 0 fully saturated rings. The Hall–Kier alpha value is -3.12. The molecule has 7 heteroatoms. The summed E-state index contributed by atoms with van der Waals surface area (Å²) in [5.41, 5.74) is 7.19. The maximum atomic E-state index is 12.7. The van der Waals surface area contributed by atoms with Gasteiger partial charge in [0.25, 0.3) is 5.91 Å². The van der Waals surface area contributed by atoms with Crippen molar-refractivity contribution in [3.05, 3.63) is 70.9 Å². The van der Waals surface area contributed by atoms with Gasteiger partial charge in [-0.15, -0.1) is 0 Å². The number of aromatic nitrogens is 1. The van der Waals surface area contributed by atoms with Crippen LogP contribution in [0.1, 0.15) is 15.9 Å². The number of hydrogen-bond acceptors (Lipinski definition) is 4. The van der Waals surface area contributed by atoms with Gasteiger partial charge in [0.05, 0.1) is 23.2 Å². The van der Waals surface area contributed by atoms with Crippen molar-refractivity contribution in [1.82, 2.24) is 10.3 Å². The van der Waals surface area contributed by atoms with Gasteiger partial charge in [-0.05, 0) is 29.8 Å². The molecule has 0 unspecified atom stereocenters. The van der Waals surface area contributed by atoms with Gasteiger partial charge in [-0.3, -0.25) is 14.6 Å². The highest BCUT2D eigenvalue weighted by Crippen LogP contribution is 2.25. The number of fused-ring (bicyclic) bond motifs is 1. The zero-order valence-corrected chi connectivity index (χ0v) is 15.4. The number of para-hydroxylation sites is 1. The van der Waals surface area contributed by atoms with E-state index in [0.29, 0.717) is 21.9 Å². The zero-order valence-electron chi connectivity index (χ0n) is 14.6. The number of nitrogens with two attached hydrogens (primary N) is 1. The summed E-state index contributed by atoms with van der Waals surface area (Å²) in [6, 6.07) is 13.2. The summed E-state index contributed by atoms with van der Waals surface area (Å²) in [7, 11) is 1.52. The fraction of sp³-hybridized carbons (Fsp3) is 0.150. The third kappa shape index (κ3) is 4.17. The highest BCUT2D eigenvalue weighted by Gasteiger charge is 2.21. The third-order valence-electron chi connectivity index (χ3n) is 4.18. The van der Waals surface area contributed by atoms with Crippen LogP contribution >= 0.6 is 11.6 Å². The maximum absolute atomic E-state index is 12.7. The molecule has 3 N–H and O–H groups in total. The van der Waals surface area contributed by atoms with E-state index in [1.54, 1.807) is 42.6 Å². The van der Waals surface area contributed by atoms with Crippen LogP contribution in [-0.4, -0.2) is 29.9 Å². The number of primary amides is 1. The summed E-state index contributed by atoms with van der Waals surface area (Å²) >= 11 is 6.12. The lowest BCUT2D eigenvalue weighted by Crippen LogP contribution is -2.45. The number of halogens is 1. The first kappa shape index (κ1) is 18.7. The first-order valence-corrected chi connectivity index (χ1v) is 8.63. The van der Waals surface area contributed by atoms with Crippen molar-refractivity contribution in [2.45, 2.75) is 12.5 Å². The molecule has 6 nitrogen and oxygen atoms in total. The minimum absolute atomic E-state index is 0.211. The number of methoxy groups -OCH3 is 1. The molecule has 1 aromatic heterocycles. The van der Waals surface area contributed by atoms with Crippen LogP contribution in [-0.2, 0) is 11.2 Å². The Bertz CT molecular complexity index is 1000. The number of carbonyl (C=O) groups excluding carboxylic acids is 2. The Labute approximate surface area is 161 Å². The van der Waals surface area contributed by atoms with Gasteiger partial charge in [0.1, 0.15) is 11.8 Å². The fourth-order valence-corrected chi connectivity index (χ4v) is 3.10. The number of rotatable bonds is 6. The Kier molecular flexibility index (Phi) is 5.57. The molecule has 0 bridgehead atoms. The second-order valence-corrected chi connectivity index (χ2v) is 6.39. The standard InChI is InChI=1S/C20H18ClN3O3/c1-27-17-8-7-12(10-15(17)21)11-16(19(22)25)24-20(26)14-6-2-4-13-5-3-9-23-18(13)14/h2-10,16H,11H2,1H3,(H2,22,25)(H,24,26)/t16-/m1/s1. The molecule has 27 heavy (non-hydrogen) atoms. The summed E-state index contributed by atoms with van der Waals surface area (Å²) in [5, 5.41) is 3.95. The number of ether oxygens (including phenoxy) is 1. The van der Waals surface area contributed by atoms with Crippen molar-refractivity contribution in [2.24, 2.45) is 5.73 Å². The van der Waals surface area contributed by atoms with Gasteiger partial charge in [0.2, 0.25) is 5.91 Å². The van der Waals surface area contributed by atoms with E-state index >= 15 is 0 Å². The quantitative estimate of drug-likeness (QED) is 0.684. The Morgan fingerprint density at radius 2 is 2.00 bits per heavy atom. The second-order valence-electron chi connectivity index (χ2n) is 5.98. The Morgan fingerprint density at radius 3 is 2.70 bits per heavy atom. The lowest BCUT2D eigenvalue weighted by molar-refractivity contribution is -0.119. The molecule has 1 heterocycles. The smallest absolute Gasteiger partial charge is 0.254 e. The first-order valence-electron chi connectivity index (χ1n) is 8.26. The number of hydrogen-bond donors (Lipinski definition) is 2. The highest BCUT2D eigenvalue weighted by atomic mass is 35.5. The third-order valence-corrected chi connectivity index (χ3v) is 4.48. The van der Waals surface area contributed by atoms with E-state index in [0.717, 1.165) is 10.9 Å². The Morgan fingerprint density at radius 1 is 1.22 bits per heavy atom. The highest BCUT2D eigenvalue weighted by molar-refractivity contribution is 6.32. The lowest BCUT2D eigenvalue weighted by Gasteiger charge is -2.17. The molecule has 0 saturated carbocycles. The molecule has 0 radical (unpaired) electrons. The number of nitrogens with one attached hydrogen (secondary N) is 1. The largest absolute Gasteiger partial charge is 0.495 e. The molecule has 0 saturated heterocycles. The molecule has 3 rings (SSSR count). The molecule has 1 atom stereocenters. The Balaban J connectivity index is 1.83. The van der Waals surface area contributed by atoms with Gasteiger partial charge >= 0.3 is 0 Å². The molecule has 0 aliphatic heterocycles. The molecule has 0 aliphatic carbocycles. The summed E-state index contributed by atoms with van der Waals surface area (Å²) < 4.78 is 5.12. The van der Waals surface area contributed by atoms with E-state index in [9.17, 15) is 9.59 Å². The summed E-state index contributed by atoms with van der Waals surface area (Å²) in [4.78, 5) is 28.9. The monoisotopic (exact) mass is 383 g/mol. The lowest BCUT2D eigenvalue weighted by atomic mass is 10.0. The fourth-order valence-electron chi connectivity index (χ4n) is 2.82. The van der Waals surface area contributed by atoms with E-state index in [2.05, 4.69) is 10.3 Å². The number of pyridine rings is 1. The van der Waals surface area contributed by atoms with Crippen LogP contribution in [0.4, 0.5) is 0 Å². The molecular formula is C20H18ClN3O3. The first-order chi connectivity index (χ1) is 13.0. The molecule has 3 aromatic rings. The topological polar surface area (TPSA) is 94.3 Å². The predicted molar refractivity (Wildman–Crippen MR) is 104 cm³/mol. The van der Waals surface area contributed by atoms with Crippen LogP contribution in [0.3, 0.4) is 0 Å². The normalized spacial score (nSPS) is 11.8. The van der Waals surface area contributed by atoms with Crippen LogP contribution in [0.2, 0.25) is 5.02 Å². The minimum Gasteiger partial charge on any atom is -0.495 e. The number of benzene rings is 2. The van der Waals surface area contributed by atoms with Crippen molar-refractivity contribution in [3.63, 3.8) is 0 Å². The van der Waals surface area contributed by atoms with Crippen LogP contribution in [0.5, 0.6) is 5.75 Å². The molecule has 0 spiro atoms. The van der Waals surface area contributed by atoms with Gasteiger partial charge in [-0.2, -0.15) is 0 Å². The van der Waals surface area contributed by atoms with E-state index in [1.807, 2.05) is 12.1 Å². The van der Waals surface area contributed by atoms with Crippen LogP contribution in [0.25, 0.3) is 10.9 Å². The average Bonchev–Trinajstić information content (AvgIpc) is 2.67. The van der Waals surface area contributed by atoms with Crippen molar-refractivity contribution < 1.29 is 14.3 Å². The van der Waals surface area contributed by atoms with Crippen molar-refractivity contribution in [2.75, 3.05) is 7.11 Å². The molecule has 0 aliphatic rings. The van der Waals surface area contributed by atoms with E-state index in [1.165, 1.54) is 7.11 Å². The summed E-state index contributed by atoms with van der Waals surface area (Å²) in [6.45, 7) is 0. The van der Waals surface area contributed by atoms with Gasteiger partial charge in [0.15, 0.2) is 0 Å². The minimum atomic E-state index is -0.888. The summed E-state index contributed by atoms with van der Waals surface area (Å²) in [6.07, 6.45) is 1.83. The van der Waals surface area contributed by atoms with Crippen molar-refractivity contribution in [3.8, 4) is 5.75 Å². The number of carbonyl (C=O) groups is 2. The SMILES string of the molecule is COc1ccc(C[C@@H](NC(=O)c2cccc3cccnc23)C(N)=O)cc1Cl. The maximum Gasteiger partial charge on any atom is 0.254 e. The van der Waals surface area contributed by atoms with Gasteiger partial charge in [-0.1, -0.05) is 35.9 Å². The van der Waals surface area contributed by atoms with E-state index < -0.39 is 17.9 Å². The molecule has 2 amide bonds. The molecular weight excluding hydrogens is 366 g/mol. The number of nitrogens with zero attached hydrogens (tertiary/aromatic N) is 1. The second kappa shape index (κ2) is 8.05. The van der Waals surface area contributed by atoms with Gasteiger partial charge < -0.3 is 15.8 Å². The van der Waals surface area contributed by atoms with E-state index in [-0.39, 0.29) is 6.42 Å². The average molecular weight is 384 g/mol. The van der Waals surface area contributed by atoms with Crippen LogP contribution < -0.4 is 15.8 Å². The molecule has 2 aromatic carbocycles. The van der Waals surface area contributed by atoms with Crippen LogP contribution in [0, 0.1) is 0 Å². The van der Waals surface area contributed by atoms with E-state index in [4.69, 9.17) is 22.1 Å². The zero-order chi connectivity index (χ0) is 19.4. The number of amides is 2. The summed E-state index contributed by atoms with van der Waals surface area (Å²) in [5.74, 6) is -0.520. The van der Waals surface area contributed by atoms with Gasteiger partial charge in [0, 0.05) is 18.0 Å². The van der Waals surface area contributed by atoms with Crippen LogP contribution in [0.15, 0.2) is 54.7 Å². The van der Waals surface area contributed by atoms with Crippen molar-refractivity contribution in [1.29, 1.82) is 0 Å². The van der Waals surface area contributed by atoms with Crippen molar-refractivity contribution >= 4 is 34.3 Å². The molecule has 138 valence electrons. The predicted octanol–water partition coefficient (Wildman–Crippen LogP) is 2.72. The van der Waals surface area contributed by atoms with Gasteiger partial charge in [-0.25, -0.2) is 0 Å².